The van der Waals surface area contributed by atoms with E-state index in [1.807, 2.05) is 43.3 Å². The van der Waals surface area contributed by atoms with E-state index in [2.05, 4.69) is 10.5 Å². The van der Waals surface area contributed by atoms with Gasteiger partial charge in [0.2, 0.25) is 0 Å². The lowest BCUT2D eigenvalue weighted by Crippen LogP contribution is -2.16. The van der Waals surface area contributed by atoms with Crippen LogP contribution in [0.2, 0.25) is 5.02 Å². The molecule has 1 amide bonds. The molecule has 3 rings (SSSR count). The van der Waals surface area contributed by atoms with E-state index in [1.165, 1.54) is 0 Å². The SMILES string of the molecule is CN(C)c1ccc(/C=N/NC(=O)c2cc3cc(Cl)ccc3o2)cc1. The van der Waals surface area contributed by atoms with Gasteiger partial charge in [-0.2, -0.15) is 5.10 Å². The van der Waals surface area contributed by atoms with Crippen molar-refractivity contribution in [3.63, 3.8) is 0 Å². The van der Waals surface area contributed by atoms with Gasteiger partial charge in [0.05, 0.1) is 6.21 Å². The molecule has 0 aliphatic rings. The van der Waals surface area contributed by atoms with E-state index in [1.54, 1.807) is 30.5 Å². The van der Waals surface area contributed by atoms with Crippen molar-refractivity contribution in [3.05, 3.63) is 64.9 Å². The number of benzene rings is 2. The highest BCUT2D eigenvalue weighted by Gasteiger charge is 2.11. The monoisotopic (exact) mass is 341 g/mol. The zero-order valence-corrected chi connectivity index (χ0v) is 14.0. The molecule has 1 N–H and O–H groups in total. The second-order valence-corrected chi connectivity index (χ2v) is 5.91. The maximum Gasteiger partial charge on any atom is 0.307 e. The first-order chi connectivity index (χ1) is 11.5. The highest BCUT2D eigenvalue weighted by Crippen LogP contribution is 2.22. The summed E-state index contributed by atoms with van der Waals surface area (Å²) in [4.78, 5) is 14.1. The highest BCUT2D eigenvalue weighted by atomic mass is 35.5. The molecule has 5 nitrogen and oxygen atoms in total. The molecular formula is C18H16ClN3O2. The van der Waals surface area contributed by atoms with Crippen molar-refractivity contribution < 1.29 is 9.21 Å². The van der Waals surface area contributed by atoms with Crippen LogP contribution in [0.3, 0.4) is 0 Å². The second-order valence-electron chi connectivity index (χ2n) is 5.48. The number of hydrogen-bond donors (Lipinski definition) is 1. The van der Waals surface area contributed by atoms with Gasteiger partial charge in [-0.15, -0.1) is 0 Å². The van der Waals surface area contributed by atoms with Gasteiger partial charge in [-0.1, -0.05) is 23.7 Å². The molecule has 1 aromatic heterocycles. The summed E-state index contributed by atoms with van der Waals surface area (Å²) < 4.78 is 5.48. The van der Waals surface area contributed by atoms with Crippen molar-refractivity contribution in [1.29, 1.82) is 0 Å². The third kappa shape index (κ3) is 3.58. The number of nitrogens with zero attached hydrogens (tertiary/aromatic N) is 2. The average Bonchev–Trinajstić information content (AvgIpc) is 2.98. The van der Waals surface area contributed by atoms with Crippen molar-refractivity contribution in [3.8, 4) is 0 Å². The Bertz CT molecular complexity index is 898. The molecule has 1 heterocycles. The van der Waals surface area contributed by atoms with Gasteiger partial charge in [-0.3, -0.25) is 4.79 Å². The third-order valence-corrected chi connectivity index (χ3v) is 3.73. The van der Waals surface area contributed by atoms with Gasteiger partial charge < -0.3 is 9.32 Å². The van der Waals surface area contributed by atoms with Crippen LogP contribution in [-0.2, 0) is 0 Å². The van der Waals surface area contributed by atoms with Crippen molar-refractivity contribution in [2.45, 2.75) is 0 Å². The average molecular weight is 342 g/mol. The fourth-order valence-electron chi connectivity index (χ4n) is 2.21. The molecule has 0 unspecified atom stereocenters. The van der Waals surface area contributed by atoms with Crippen molar-refractivity contribution in [2.24, 2.45) is 5.10 Å². The smallest absolute Gasteiger partial charge is 0.307 e. The van der Waals surface area contributed by atoms with Gasteiger partial charge >= 0.3 is 5.91 Å². The quantitative estimate of drug-likeness (QED) is 0.578. The van der Waals surface area contributed by atoms with Crippen molar-refractivity contribution in [2.75, 3.05) is 19.0 Å². The Kier molecular flexibility index (Phi) is 4.53. The van der Waals surface area contributed by atoms with Crippen molar-refractivity contribution in [1.82, 2.24) is 5.43 Å². The first-order valence-electron chi connectivity index (χ1n) is 7.33. The molecule has 0 saturated carbocycles. The summed E-state index contributed by atoms with van der Waals surface area (Å²) in [6, 6.07) is 14.6. The number of carbonyl (C=O) groups excluding carboxylic acids is 1. The Morgan fingerprint density at radius 2 is 1.92 bits per heavy atom. The van der Waals surface area contributed by atoms with E-state index in [0.717, 1.165) is 16.6 Å². The Morgan fingerprint density at radius 3 is 2.62 bits per heavy atom. The molecule has 0 bridgehead atoms. The number of nitrogens with one attached hydrogen (secondary N) is 1. The minimum Gasteiger partial charge on any atom is -0.451 e. The topological polar surface area (TPSA) is 57.8 Å². The molecule has 0 radical (unpaired) electrons. The Morgan fingerprint density at radius 1 is 1.17 bits per heavy atom. The lowest BCUT2D eigenvalue weighted by Gasteiger charge is -2.11. The summed E-state index contributed by atoms with van der Waals surface area (Å²) in [7, 11) is 3.95. The normalized spacial score (nSPS) is 11.1. The number of hydrazone groups is 1. The summed E-state index contributed by atoms with van der Waals surface area (Å²) in [5.41, 5.74) is 5.04. The van der Waals surface area contributed by atoms with Gasteiger partial charge in [0.1, 0.15) is 5.58 Å². The molecule has 0 atom stereocenters. The van der Waals surface area contributed by atoms with E-state index in [9.17, 15) is 4.79 Å². The van der Waals surface area contributed by atoms with E-state index < -0.39 is 5.91 Å². The first kappa shape index (κ1) is 16.1. The number of carbonyl (C=O) groups is 1. The summed E-state index contributed by atoms with van der Waals surface area (Å²) in [6.07, 6.45) is 1.58. The molecule has 0 spiro atoms. The zero-order valence-electron chi connectivity index (χ0n) is 13.3. The first-order valence-corrected chi connectivity index (χ1v) is 7.70. The van der Waals surface area contributed by atoms with Crippen LogP contribution >= 0.6 is 11.6 Å². The maximum atomic E-state index is 12.1. The number of halogens is 1. The zero-order chi connectivity index (χ0) is 17.1. The number of anilines is 1. The van der Waals surface area contributed by atoms with Gasteiger partial charge in [0.25, 0.3) is 0 Å². The number of hydrogen-bond acceptors (Lipinski definition) is 4. The Hall–Kier alpha value is -2.79. The number of rotatable bonds is 4. The highest BCUT2D eigenvalue weighted by molar-refractivity contribution is 6.31. The van der Waals surface area contributed by atoms with Crippen LogP contribution in [0.1, 0.15) is 16.1 Å². The molecule has 122 valence electrons. The molecule has 0 fully saturated rings. The van der Waals surface area contributed by atoms with Gasteiger partial charge in [-0.05, 0) is 42.0 Å². The fourth-order valence-corrected chi connectivity index (χ4v) is 2.39. The molecule has 24 heavy (non-hydrogen) atoms. The Balaban J connectivity index is 1.67. The van der Waals surface area contributed by atoms with E-state index in [-0.39, 0.29) is 5.76 Å². The summed E-state index contributed by atoms with van der Waals surface area (Å²) in [5.74, 6) is -0.226. The molecular weight excluding hydrogens is 326 g/mol. The van der Waals surface area contributed by atoms with E-state index in [4.69, 9.17) is 16.0 Å². The van der Waals surface area contributed by atoms with E-state index >= 15 is 0 Å². The molecule has 0 aliphatic carbocycles. The fraction of sp³-hybridized carbons (Fsp3) is 0.111. The number of fused-ring (bicyclic) bond motifs is 1. The number of furan rings is 1. The van der Waals surface area contributed by atoms with Gasteiger partial charge in [-0.25, -0.2) is 5.43 Å². The summed E-state index contributed by atoms with van der Waals surface area (Å²) >= 11 is 5.92. The van der Waals surface area contributed by atoms with Crippen LogP contribution < -0.4 is 10.3 Å². The van der Waals surface area contributed by atoms with Crippen LogP contribution in [-0.4, -0.2) is 26.2 Å². The van der Waals surface area contributed by atoms with Gasteiger partial charge in [0.15, 0.2) is 5.76 Å². The number of amides is 1. The second kappa shape index (κ2) is 6.76. The Labute approximate surface area is 144 Å². The largest absolute Gasteiger partial charge is 0.451 e. The molecule has 3 aromatic rings. The van der Waals surface area contributed by atoms with Crippen LogP contribution in [0.4, 0.5) is 5.69 Å². The predicted molar refractivity (Wildman–Crippen MR) is 97.1 cm³/mol. The predicted octanol–water partition coefficient (Wildman–Crippen LogP) is 3.92. The minimum absolute atomic E-state index is 0.187. The lowest BCUT2D eigenvalue weighted by molar-refractivity contribution is 0.0929. The van der Waals surface area contributed by atoms with E-state index in [0.29, 0.717) is 10.6 Å². The van der Waals surface area contributed by atoms with Crippen LogP contribution in [0.15, 0.2) is 58.0 Å². The lowest BCUT2D eigenvalue weighted by atomic mass is 10.2. The van der Waals surface area contributed by atoms with Crippen LogP contribution in [0.25, 0.3) is 11.0 Å². The molecule has 0 aliphatic heterocycles. The van der Waals surface area contributed by atoms with Gasteiger partial charge in [0, 0.05) is 30.2 Å². The summed E-state index contributed by atoms with van der Waals surface area (Å²) in [6.45, 7) is 0. The molecule has 0 saturated heterocycles. The maximum absolute atomic E-state index is 12.1. The standard InChI is InChI=1S/C18H16ClN3O2/c1-22(2)15-6-3-12(4-7-15)11-20-21-18(23)17-10-13-9-14(19)5-8-16(13)24-17/h3-11H,1-2H3,(H,21,23)/b20-11+. The van der Waals surface area contributed by atoms with Crippen molar-refractivity contribution >= 4 is 40.4 Å². The van der Waals surface area contributed by atoms with Crippen LogP contribution in [0.5, 0.6) is 0 Å². The molecule has 6 heteroatoms. The summed E-state index contributed by atoms with van der Waals surface area (Å²) in [5, 5.41) is 5.32. The van der Waals surface area contributed by atoms with Crippen LogP contribution in [0, 0.1) is 0 Å². The molecule has 2 aromatic carbocycles. The third-order valence-electron chi connectivity index (χ3n) is 3.49. The minimum atomic E-state index is -0.413.